The van der Waals surface area contributed by atoms with E-state index in [0.717, 1.165) is 0 Å². The molecule has 0 aliphatic heterocycles. The molecule has 2 rings (SSSR count). The fourth-order valence-corrected chi connectivity index (χ4v) is 3.44. The molecule has 0 aliphatic rings. The van der Waals surface area contributed by atoms with Crippen molar-refractivity contribution >= 4 is 27.7 Å². The highest BCUT2D eigenvalue weighted by Gasteiger charge is 2.29. The molecule has 0 heterocycles. The number of anilines is 1. The Kier molecular flexibility index (Phi) is 5.76. The fraction of sp³-hybridized carbons (Fsp3) is 0.176. The summed E-state index contributed by atoms with van der Waals surface area (Å²) < 4.78 is 30.8. The van der Waals surface area contributed by atoms with Crippen LogP contribution in [0, 0.1) is 0 Å². The Morgan fingerprint density at radius 2 is 1.64 bits per heavy atom. The van der Waals surface area contributed by atoms with Crippen molar-refractivity contribution in [2.24, 2.45) is 5.73 Å². The Hall–Kier alpha value is -2.87. The molecule has 0 radical (unpaired) electrons. The van der Waals surface area contributed by atoms with Crippen LogP contribution in [-0.4, -0.2) is 27.0 Å². The van der Waals surface area contributed by atoms with Crippen LogP contribution >= 0.6 is 0 Å². The minimum atomic E-state index is -4.16. The van der Waals surface area contributed by atoms with Crippen molar-refractivity contribution in [1.29, 1.82) is 0 Å². The van der Waals surface area contributed by atoms with Gasteiger partial charge in [0.1, 0.15) is 0 Å². The monoisotopic (exact) mass is 362 g/mol. The number of esters is 1. The van der Waals surface area contributed by atoms with Crippen LogP contribution in [0.25, 0.3) is 0 Å². The predicted molar refractivity (Wildman–Crippen MR) is 92.7 cm³/mol. The van der Waals surface area contributed by atoms with E-state index in [2.05, 4.69) is 0 Å². The number of amides is 2. The predicted octanol–water partition coefficient (Wildman–Crippen LogP) is 2.53. The summed E-state index contributed by atoms with van der Waals surface area (Å²) in [5.41, 5.74) is 5.55. The van der Waals surface area contributed by atoms with Gasteiger partial charge in [-0.3, -0.25) is 0 Å². The molecule has 0 aromatic heterocycles. The topological polar surface area (TPSA) is 107 Å². The van der Waals surface area contributed by atoms with Crippen LogP contribution in [0.5, 0.6) is 0 Å². The van der Waals surface area contributed by atoms with Gasteiger partial charge in [-0.2, -0.15) is 4.31 Å². The molecule has 7 nitrogen and oxygen atoms in total. The molecular weight excluding hydrogens is 344 g/mol. The number of hydrogen-bond donors (Lipinski definition) is 1. The van der Waals surface area contributed by atoms with Gasteiger partial charge >= 0.3 is 12.0 Å². The third-order valence-electron chi connectivity index (χ3n) is 3.26. The minimum absolute atomic E-state index is 0.0309. The van der Waals surface area contributed by atoms with Gasteiger partial charge in [0.25, 0.3) is 10.0 Å². The lowest BCUT2D eigenvalue weighted by atomic mass is 10.2. The van der Waals surface area contributed by atoms with E-state index in [-0.39, 0.29) is 22.8 Å². The third-order valence-corrected chi connectivity index (χ3v) is 5.00. The summed E-state index contributed by atoms with van der Waals surface area (Å²) in [6, 6.07) is 11.7. The van der Waals surface area contributed by atoms with Crippen LogP contribution in [0.1, 0.15) is 23.7 Å². The molecule has 0 fully saturated rings. The zero-order valence-corrected chi connectivity index (χ0v) is 14.4. The van der Waals surface area contributed by atoms with Crippen molar-refractivity contribution in [3.05, 3.63) is 60.2 Å². The van der Waals surface area contributed by atoms with Gasteiger partial charge < -0.3 is 10.5 Å². The molecule has 132 valence electrons. The number of sulfonamides is 1. The van der Waals surface area contributed by atoms with Gasteiger partial charge in [-0.15, -0.1) is 0 Å². The summed E-state index contributed by atoms with van der Waals surface area (Å²) in [5.74, 6) is -0.523. The quantitative estimate of drug-likeness (QED) is 0.795. The number of urea groups is 1. The van der Waals surface area contributed by atoms with Gasteiger partial charge in [-0.25, -0.2) is 18.0 Å². The Balaban J connectivity index is 2.36. The lowest BCUT2D eigenvalue weighted by molar-refractivity contribution is 0.0505. The molecule has 8 heteroatoms. The molecule has 0 spiro atoms. The normalized spacial score (nSPS) is 10.9. The van der Waals surface area contributed by atoms with Crippen molar-refractivity contribution in [2.45, 2.75) is 18.2 Å². The highest BCUT2D eigenvalue weighted by molar-refractivity contribution is 7.93. The number of benzene rings is 2. The number of nitrogens with two attached hydrogens (primary N) is 1. The van der Waals surface area contributed by atoms with Gasteiger partial charge in [0.2, 0.25) is 0 Å². The number of hydrogen-bond acceptors (Lipinski definition) is 5. The Morgan fingerprint density at radius 3 is 2.16 bits per heavy atom. The molecule has 0 atom stereocenters. The molecule has 0 bridgehead atoms. The van der Waals surface area contributed by atoms with Crippen LogP contribution in [0.3, 0.4) is 0 Å². The zero-order valence-electron chi connectivity index (χ0n) is 13.6. The van der Waals surface area contributed by atoms with Crippen LogP contribution in [0.4, 0.5) is 10.5 Å². The molecular formula is C17H18N2O5S. The Labute approximate surface area is 146 Å². The Bertz CT molecular complexity index is 848. The molecule has 25 heavy (non-hydrogen) atoms. The van der Waals surface area contributed by atoms with Crippen molar-refractivity contribution in [1.82, 2.24) is 0 Å². The molecule has 2 aromatic rings. The molecule has 2 aromatic carbocycles. The van der Waals surface area contributed by atoms with Gasteiger partial charge in [0, 0.05) is 0 Å². The summed E-state index contributed by atoms with van der Waals surface area (Å²) in [4.78, 5) is 23.5. The third kappa shape index (κ3) is 4.16. The SMILES string of the molecule is CCCOC(=O)c1ccc(N(C(N)=O)S(=O)(=O)c2ccccc2)cc1. The minimum Gasteiger partial charge on any atom is -0.462 e. The number of carbonyl (C=O) groups excluding carboxylic acids is 2. The van der Waals surface area contributed by atoms with Crippen molar-refractivity contribution in [2.75, 3.05) is 10.9 Å². The summed E-state index contributed by atoms with van der Waals surface area (Å²) in [6.07, 6.45) is 0.689. The van der Waals surface area contributed by atoms with Gasteiger partial charge in [0.15, 0.2) is 0 Å². The maximum atomic E-state index is 12.7. The highest BCUT2D eigenvalue weighted by Crippen LogP contribution is 2.24. The maximum Gasteiger partial charge on any atom is 0.338 e. The first kappa shape index (κ1) is 18.5. The standard InChI is InChI=1S/C17H18N2O5S/c1-2-12-24-16(20)13-8-10-14(11-9-13)19(17(18)21)25(22,23)15-6-4-3-5-7-15/h3-11H,2,12H2,1H3,(H2,18,21). The van der Waals surface area contributed by atoms with Gasteiger partial charge in [-0.1, -0.05) is 25.1 Å². The van der Waals surface area contributed by atoms with Crippen LogP contribution in [-0.2, 0) is 14.8 Å². The van der Waals surface area contributed by atoms with Gasteiger partial charge in [0.05, 0.1) is 22.8 Å². The van der Waals surface area contributed by atoms with Crippen molar-refractivity contribution in [3.8, 4) is 0 Å². The molecule has 0 saturated carbocycles. The van der Waals surface area contributed by atoms with Crippen LogP contribution in [0.2, 0.25) is 0 Å². The second kappa shape index (κ2) is 7.80. The number of ether oxygens (including phenoxy) is 1. The summed E-state index contributed by atoms with van der Waals surface area (Å²) in [7, 11) is -4.16. The smallest absolute Gasteiger partial charge is 0.338 e. The summed E-state index contributed by atoms with van der Waals surface area (Å²) in [6.45, 7) is 2.16. The molecule has 2 N–H and O–H groups in total. The second-order valence-electron chi connectivity index (χ2n) is 5.10. The van der Waals surface area contributed by atoms with Crippen LogP contribution in [0.15, 0.2) is 59.5 Å². The highest BCUT2D eigenvalue weighted by atomic mass is 32.2. The van der Waals surface area contributed by atoms with E-state index < -0.39 is 22.0 Å². The zero-order chi connectivity index (χ0) is 18.4. The van der Waals surface area contributed by atoms with E-state index in [0.29, 0.717) is 10.7 Å². The first-order valence-electron chi connectivity index (χ1n) is 7.55. The lowest BCUT2D eigenvalue weighted by Gasteiger charge is -2.20. The van der Waals surface area contributed by atoms with Crippen LogP contribution < -0.4 is 10.0 Å². The van der Waals surface area contributed by atoms with E-state index in [4.69, 9.17) is 10.5 Å². The average Bonchev–Trinajstić information content (AvgIpc) is 2.60. The molecule has 2 amide bonds. The maximum absolute atomic E-state index is 12.7. The van der Waals surface area contributed by atoms with E-state index in [1.54, 1.807) is 18.2 Å². The molecule has 0 unspecified atom stereocenters. The lowest BCUT2D eigenvalue weighted by Crippen LogP contribution is -2.40. The average molecular weight is 362 g/mol. The van der Waals surface area contributed by atoms with Crippen molar-refractivity contribution < 1.29 is 22.7 Å². The first-order valence-corrected chi connectivity index (χ1v) is 8.99. The fourth-order valence-electron chi connectivity index (χ4n) is 2.09. The van der Waals surface area contributed by atoms with Gasteiger partial charge in [-0.05, 0) is 42.8 Å². The molecule has 0 saturated heterocycles. The number of primary amides is 1. The number of carbonyl (C=O) groups is 2. The largest absolute Gasteiger partial charge is 0.462 e. The Morgan fingerprint density at radius 1 is 1.04 bits per heavy atom. The first-order chi connectivity index (χ1) is 11.9. The van der Waals surface area contributed by atoms with E-state index in [9.17, 15) is 18.0 Å². The second-order valence-corrected chi connectivity index (χ2v) is 6.89. The summed E-state index contributed by atoms with van der Waals surface area (Å²) >= 11 is 0. The molecule has 0 aliphatic carbocycles. The van der Waals surface area contributed by atoms with E-state index in [1.165, 1.54) is 36.4 Å². The summed E-state index contributed by atoms with van der Waals surface area (Å²) in [5, 5.41) is 0. The van der Waals surface area contributed by atoms with E-state index >= 15 is 0 Å². The van der Waals surface area contributed by atoms with Crippen molar-refractivity contribution in [3.63, 3.8) is 0 Å². The van der Waals surface area contributed by atoms with E-state index in [1.807, 2.05) is 6.92 Å². The number of nitrogens with zero attached hydrogens (tertiary/aromatic N) is 1. The number of rotatable bonds is 6.